The van der Waals surface area contributed by atoms with Crippen LogP contribution in [0.15, 0.2) is 12.1 Å². The first-order valence-electron chi connectivity index (χ1n) is 5.20. The smallest absolute Gasteiger partial charge is 0.221 e. The Bertz CT molecular complexity index is 483. The molecule has 1 aromatic carbocycles. The molecule has 6 heteroatoms. The Hall–Kier alpha value is -1.93. The number of amides is 1. The number of methoxy groups -OCH3 is 1. The van der Waals surface area contributed by atoms with Crippen LogP contribution in [0.25, 0.3) is 0 Å². The van der Waals surface area contributed by atoms with Gasteiger partial charge in [-0.3, -0.25) is 4.79 Å². The van der Waals surface area contributed by atoms with E-state index in [-0.39, 0.29) is 5.91 Å². The van der Waals surface area contributed by atoms with Crippen LogP contribution in [-0.2, 0) is 4.79 Å². The molecule has 0 atom stereocenters. The molecule has 0 unspecified atom stereocenters. The van der Waals surface area contributed by atoms with Crippen LogP contribution in [0.3, 0.4) is 0 Å². The average Bonchev–Trinajstić information content (AvgIpc) is 2.35. The van der Waals surface area contributed by atoms with Gasteiger partial charge in [0.2, 0.25) is 5.91 Å². The summed E-state index contributed by atoms with van der Waals surface area (Å²) in [6.45, 7) is 1.67. The molecule has 0 saturated carbocycles. The van der Waals surface area contributed by atoms with Gasteiger partial charge in [0.1, 0.15) is 12.7 Å². The number of benzene rings is 1. The Morgan fingerprint density at radius 3 is 2.72 bits per heavy atom. The number of halogens is 1. The molecule has 1 rings (SSSR count). The number of hydrogen-bond acceptors (Lipinski definition) is 4. The van der Waals surface area contributed by atoms with Crippen molar-refractivity contribution in [3.05, 3.63) is 17.7 Å². The molecule has 0 aliphatic carbocycles. The third kappa shape index (κ3) is 3.54. The van der Waals surface area contributed by atoms with Crippen molar-refractivity contribution in [1.29, 1.82) is 5.26 Å². The number of nitriles is 1. The van der Waals surface area contributed by atoms with Crippen LogP contribution >= 0.6 is 11.6 Å². The minimum Gasteiger partial charge on any atom is -0.493 e. The van der Waals surface area contributed by atoms with Gasteiger partial charge < -0.3 is 14.8 Å². The number of alkyl halides is 1. The molecule has 1 amide bonds. The zero-order chi connectivity index (χ0) is 13.5. The second-order valence-corrected chi connectivity index (χ2v) is 3.76. The molecule has 96 valence electrons. The number of ether oxygens (including phenoxy) is 2. The van der Waals surface area contributed by atoms with Crippen molar-refractivity contribution in [2.45, 2.75) is 6.92 Å². The number of rotatable bonds is 5. The van der Waals surface area contributed by atoms with Crippen LogP contribution in [0.2, 0.25) is 0 Å². The quantitative estimate of drug-likeness (QED) is 0.831. The van der Waals surface area contributed by atoms with E-state index >= 15 is 0 Å². The maximum atomic E-state index is 11.0. The second-order valence-electron chi connectivity index (χ2n) is 3.38. The number of carbonyl (C=O) groups excluding carboxylic acids is 1. The first-order chi connectivity index (χ1) is 8.62. The highest BCUT2D eigenvalue weighted by Crippen LogP contribution is 2.33. The average molecular weight is 269 g/mol. The Morgan fingerprint density at radius 1 is 1.50 bits per heavy atom. The molecule has 0 aliphatic rings. The van der Waals surface area contributed by atoms with E-state index in [0.29, 0.717) is 35.2 Å². The normalized spacial score (nSPS) is 9.44. The maximum Gasteiger partial charge on any atom is 0.221 e. The van der Waals surface area contributed by atoms with Gasteiger partial charge in [-0.2, -0.15) is 5.26 Å². The largest absolute Gasteiger partial charge is 0.493 e. The lowest BCUT2D eigenvalue weighted by atomic mass is 10.1. The minimum absolute atomic E-state index is 0.264. The fourth-order valence-electron chi connectivity index (χ4n) is 1.37. The lowest BCUT2D eigenvalue weighted by Gasteiger charge is -2.13. The molecule has 0 spiro atoms. The van der Waals surface area contributed by atoms with Gasteiger partial charge in [0, 0.05) is 19.1 Å². The van der Waals surface area contributed by atoms with Crippen molar-refractivity contribution < 1.29 is 14.3 Å². The number of nitrogens with one attached hydrogen (secondary N) is 1. The van der Waals surface area contributed by atoms with Crippen LogP contribution in [0.1, 0.15) is 12.5 Å². The fourth-order valence-corrected chi connectivity index (χ4v) is 1.44. The molecular weight excluding hydrogens is 256 g/mol. The monoisotopic (exact) mass is 268 g/mol. The van der Waals surface area contributed by atoms with E-state index in [1.807, 2.05) is 6.07 Å². The summed E-state index contributed by atoms with van der Waals surface area (Å²) in [5, 5.41) is 11.6. The van der Waals surface area contributed by atoms with E-state index in [4.69, 9.17) is 26.3 Å². The standard InChI is InChI=1S/C12H13ClN2O3/c1-8(16)15-10-6-12(18-4-3-13)11(17-2)5-9(10)7-14/h5-6H,3-4H2,1-2H3,(H,15,16). The summed E-state index contributed by atoms with van der Waals surface area (Å²) in [6, 6.07) is 5.04. The Morgan fingerprint density at radius 2 is 2.22 bits per heavy atom. The van der Waals surface area contributed by atoms with E-state index in [1.165, 1.54) is 20.1 Å². The SMILES string of the molecule is COc1cc(C#N)c(NC(C)=O)cc1OCCCl. The Labute approximate surface area is 110 Å². The Kier molecular flexibility index (Phi) is 5.28. The molecule has 18 heavy (non-hydrogen) atoms. The van der Waals surface area contributed by atoms with E-state index < -0.39 is 0 Å². The zero-order valence-corrected chi connectivity index (χ0v) is 10.9. The number of nitrogens with zero attached hydrogens (tertiary/aromatic N) is 1. The number of carbonyl (C=O) groups is 1. The molecule has 0 aromatic heterocycles. The number of hydrogen-bond donors (Lipinski definition) is 1. The van der Waals surface area contributed by atoms with E-state index in [1.54, 1.807) is 6.07 Å². The highest BCUT2D eigenvalue weighted by Gasteiger charge is 2.12. The summed E-state index contributed by atoms with van der Waals surface area (Å²) in [6.07, 6.45) is 0. The van der Waals surface area contributed by atoms with Crippen molar-refractivity contribution >= 4 is 23.2 Å². The third-order valence-corrected chi connectivity index (χ3v) is 2.22. The fraction of sp³-hybridized carbons (Fsp3) is 0.333. The molecule has 0 heterocycles. The minimum atomic E-state index is -0.264. The topological polar surface area (TPSA) is 71.3 Å². The maximum absolute atomic E-state index is 11.0. The van der Waals surface area contributed by atoms with Crippen LogP contribution in [0.4, 0.5) is 5.69 Å². The van der Waals surface area contributed by atoms with E-state index in [2.05, 4.69) is 5.32 Å². The molecule has 0 saturated heterocycles. The van der Waals surface area contributed by atoms with Crippen molar-refractivity contribution in [3.63, 3.8) is 0 Å². The molecule has 0 radical (unpaired) electrons. The Balaban J connectivity index is 3.16. The summed E-state index contributed by atoms with van der Waals surface area (Å²) in [4.78, 5) is 11.0. The number of anilines is 1. The summed E-state index contributed by atoms with van der Waals surface area (Å²) in [5.41, 5.74) is 0.690. The molecule has 5 nitrogen and oxygen atoms in total. The molecule has 1 aromatic rings. The lowest BCUT2D eigenvalue weighted by molar-refractivity contribution is -0.114. The van der Waals surface area contributed by atoms with Gasteiger partial charge in [0.15, 0.2) is 11.5 Å². The van der Waals surface area contributed by atoms with Gasteiger partial charge in [0.25, 0.3) is 0 Å². The molecule has 1 N–H and O–H groups in total. The molecular formula is C12H13ClN2O3. The van der Waals surface area contributed by atoms with Gasteiger partial charge >= 0.3 is 0 Å². The van der Waals surface area contributed by atoms with E-state index in [0.717, 1.165) is 0 Å². The highest BCUT2D eigenvalue weighted by atomic mass is 35.5. The van der Waals surface area contributed by atoms with Crippen molar-refractivity contribution in [1.82, 2.24) is 0 Å². The third-order valence-electron chi connectivity index (χ3n) is 2.07. The summed E-state index contributed by atoms with van der Waals surface area (Å²) >= 11 is 5.54. The second kappa shape index (κ2) is 6.72. The van der Waals surface area contributed by atoms with Crippen molar-refractivity contribution in [2.75, 3.05) is 24.9 Å². The van der Waals surface area contributed by atoms with Gasteiger partial charge in [-0.1, -0.05) is 0 Å². The van der Waals surface area contributed by atoms with Crippen molar-refractivity contribution in [3.8, 4) is 17.6 Å². The zero-order valence-electron chi connectivity index (χ0n) is 10.1. The first kappa shape index (κ1) is 14.1. The van der Waals surface area contributed by atoms with Gasteiger partial charge in [-0.05, 0) is 0 Å². The van der Waals surface area contributed by atoms with Gasteiger partial charge in [-0.25, -0.2) is 0 Å². The summed E-state index contributed by atoms with van der Waals surface area (Å²) in [7, 11) is 1.47. The van der Waals surface area contributed by atoms with Gasteiger partial charge in [0.05, 0.1) is 24.2 Å². The predicted molar refractivity (Wildman–Crippen MR) is 68.2 cm³/mol. The van der Waals surface area contributed by atoms with Crippen LogP contribution in [0.5, 0.6) is 11.5 Å². The molecule has 0 bridgehead atoms. The van der Waals surface area contributed by atoms with E-state index in [9.17, 15) is 4.79 Å². The lowest BCUT2D eigenvalue weighted by Crippen LogP contribution is -2.08. The van der Waals surface area contributed by atoms with Crippen LogP contribution in [0, 0.1) is 11.3 Å². The highest BCUT2D eigenvalue weighted by molar-refractivity contribution is 6.18. The first-order valence-corrected chi connectivity index (χ1v) is 5.74. The van der Waals surface area contributed by atoms with Crippen molar-refractivity contribution in [2.24, 2.45) is 0 Å². The van der Waals surface area contributed by atoms with Crippen LogP contribution in [-0.4, -0.2) is 25.5 Å². The predicted octanol–water partition coefficient (Wildman–Crippen LogP) is 2.14. The van der Waals surface area contributed by atoms with Gasteiger partial charge in [-0.15, -0.1) is 11.6 Å². The summed E-state index contributed by atoms with van der Waals surface area (Å²) in [5.74, 6) is 0.921. The molecule has 0 aliphatic heterocycles. The van der Waals surface area contributed by atoms with Crippen LogP contribution < -0.4 is 14.8 Å². The summed E-state index contributed by atoms with van der Waals surface area (Å²) < 4.78 is 10.5. The molecule has 0 fully saturated rings.